The van der Waals surface area contributed by atoms with Gasteiger partial charge in [0.15, 0.2) is 0 Å². The Hall–Kier alpha value is -3.07. The molecule has 2 aromatic rings. The second-order valence-electron chi connectivity index (χ2n) is 5.36. The van der Waals surface area contributed by atoms with Gasteiger partial charge in [-0.3, -0.25) is 4.99 Å². The summed E-state index contributed by atoms with van der Waals surface area (Å²) in [5, 5.41) is 9.95. The van der Waals surface area contributed by atoms with Crippen molar-refractivity contribution < 1.29 is 4.39 Å². The van der Waals surface area contributed by atoms with Crippen molar-refractivity contribution in [1.82, 2.24) is 9.97 Å². The molecule has 0 spiro atoms. The number of hydrogen-bond donors (Lipinski definition) is 4. The van der Waals surface area contributed by atoms with Gasteiger partial charge in [0, 0.05) is 31.2 Å². The number of nitrogens with two attached hydrogens (primary N) is 2. The van der Waals surface area contributed by atoms with Gasteiger partial charge in [-0.25, -0.2) is 9.37 Å². The summed E-state index contributed by atoms with van der Waals surface area (Å²) in [6.07, 6.45) is 4.04. The van der Waals surface area contributed by atoms with E-state index >= 15 is 0 Å². The Labute approximate surface area is 151 Å². The third kappa shape index (κ3) is 5.49. The highest BCUT2D eigenvalue weighted by Gasteiger charge is 2.12. The van der Waals surface area contributed by atoms with Crippen molar-refractivity contribution in [3.8, 4) is 0 Å². The number of aliphatic imine (C=N–C) groups is 1. The molecular weight excluding hydrogens is 335 g/mol. The molecule has 0 unspecified atom stereocenters. The van der Waals surface area contributed by atoms with Crippen LogP contribution >= 0.6 is 0 Å². The van der Waals surface area contributed by atoms with Gasteiger partial charge in [0.2, 0.25) is 5.95 Å². The van der Waals surface area contributed by atoms with Gasteiger partial charge in [-0.15, -0.1) is 0 Å². The molecule has 0 saturated carbocycles. The zero-order valence-electron chi connectivity index (χ0n) is 14.6. The number of nitrogens with one attached hydrogen (secondary N) is 2. The van der Waals surface area contributed by atoms with Gasteiger partial charge in [0.25, 0.3) is 0 Å². The van der Waals surface area contributed by atoms with E-state index in [1.807, 2.05) is 6.92 Å². The lowest BCUT2D eigenvalue weighted by Crippen LogP contribution is -2.15. The molecular formula is C17H23FN8. The largest absolute Gasteiger partial charge is 0.369 e. The molecule has 9 heteroatoms. The van der Waals surface area contributed by atoms with Crippen LogP contribution in [0.1, 0.15) is 18.9 Å². The highest BCUT2D eigenvalue weighted by molar-refractivity contribution is 6.39. The molecule has 0 saturated heterocycles. The Kier molecular flexibility index (Phi) is 7.44. The summed E-state index contributed by atoms with van der Waals surface area (Å²) in [6.45, 7) is 3.65. The van der Waals surface area contributed by atoms with Gasteiger partial charge >= 0.3 is 0 Å². The molecule has 0 amide bonds. The van der Waals surface area contributed by atoms with Crippen LogP contribution < -0.4 is 22.2 Å². The van der Waals surface area contributed by atoms with Crippen LogP contribution in [0.4, 0.5) is 21.8 Å². The van der Waals surface area contributed by atoms with Gasteiger partial charge < -0.3 is 22.2 Å². The van der Waals surface area contributed by atoms with E-state index in [-0.39, 0.29) is 5.82 Å². The van der Waals surface area contributed by atoms with Gasteiger partial charge in [0.05, 0.1) is 12.1 Å². The van der Waals surface area contributed by atoms with Crippen LogP contribution in [0, 0.1) is 5.82 Å². The van der Waals surface area contributed by atoms with E-state index in [1.54, 1.807) is 24.5 Å². The first-order valence-electron chi connectivity index (χ1n) is 8.29. The summed E-state index contributed by atoms with van der Waals surface area (Å²) in [7, 11) is 0. The lowest BCUT2D eigenvalue weighted by molar-refractivity contribution is 0.628. The van der Waals surface area contributed by atoms with E-state index in [4.69, 9.17) is 11.6 Å². The molecule has 0 aliphatic heterocycles. The summed E-state index contributed by atoms with van der Waals surface area (Å²) >= 11 is 0. The SMILES string of the molecule is CCCNc1nc(Nc2cccc(F)c2)ncc1C(C=NCCN)=NN. The van der Waals surface area contributed by atoms with Crippen molar-refractivity contribution in [2.24, 2.45) is 21.7 Å². The maximum Gasteiger partial charge on any atom is 0.229 e. The van der Waals surface area contributed by atoms with Crippen LogP contribution in [-0.2, 0) is 0 Å². The standard InChI is InChI=1S/C17H23FN8/c1-2-7-22-16-14(15(26-20)11-21-8-6-19)10-23-17(25-16)24-13-5-3-4-12(18)9-13/h3-5,9-11H,2,6-8,19-20H2,1H3,(H2,22,23,24,25). The summed E-state index contributed by atoms with van der Waals surface area (Å²) in [5.74, 6) is 6.03. The molecule has 8 nitrogen and oxygen atoms in total. The van der Waals surface area contributed by atoms with Crippen molar-refractivity contribution in [1.29, 1.82) is 0 Å². The molecule has 1 aromatic carbocycles. The Morgan fingerprint density at radius 2 is 2.23 bits per heavy atom. The maximum absolute atomic E-state index is 13.3. The molecule has 0 aliphatic rings. The lowest BCUT2D eigenvalue weighted by atomic mass is 10.2. The van der Waals surface area contributed by atoms with Gasteiger partial charge in [-0.05, 0) is 24.6 Å². The molecule has 1 heterocycles. The first-order chi connectivity index (χ1) is 12.7. The van der Waals surface area contributed by atoms with Crippen LogP contribution in [-0.4, -0.2) is 41.5 Å². The van der Waals surface area contributed by atoms with E-state index in [9.17, 15) is 4.39 Å². The van der Waals surface area contributed by atoms with E-state index in [1.165, 1.54) is 12.1 Å². The number of hydrazone groups is 1. The molecule has 1 aromatic heterocycles. The summed E-state index contributed by atoms with van der Waals surface area (Å²) in [5.41, 5.74) is 7.05. The first-order valence-corrected chi connectivity index (χ1v) is 8.29. The van der Waals surface area contributed by atoms with Crippen molar-refractivity contribution in [3.05, 3.63) is 41.8 Å². The molecule has 6 N–H and O–H groups in total. The van der Waals surface area contributed by atoms with Crippen molar-refractivity contribution >= 4 is 29.4 Å². The second-order valence-corrected chi connectivity index (χ2v) is 5.36. The van der Waals surface area contributed by atoms with Crippen molar-refractivity contribution in [2.75, 3.05) is 30.3 Å². The molecule has 0 atom stereocenters. The minimum absolute atomic E-state index is 0.327. The molecule has 26 heavy (non-hydrogen) atoms. The minimum atomic E-state index is -0.343. The fourth-order valence-electron chi connectivity index (χ4n) is 2.10. The highest BCUT2D eigenvalue weighted by Crippen LogP contribution is 2.18. The number of rotatable bonds is 9. The van der Waals surface area contributed by atoms with E-state index in [2.05, 4.69) is 30.7 Å². The normalized spacial score (nSPS) is 11.7. The number of halogens is 1. The number of nitrogens with zero attached hydrogens (tertiary/aromatic N) is 4. The first kappa shape index (κ1) is 19.3. The molecule has 0 radical (unpaired) electrons. The van der Waals surface area contributed by atoms with Crippen LogP contribution in [0.2, 0.25) is 0 Å². The smallest absolute Gasteiger partial charge is 0.229 e. The molecule has 138 valence electrons. The van der Waals surface area contributed by atoms with Crippen LogP contribution in [0.25, 0.3) is 0 Å². The predicted molar refractivity (Wildman–Crippen MR) is 104 cm³/mol. The maximum atomic E-state index is 13.3. The van der Waals surface area contributed by atoms with Gasteiger partial charge in [0.1, 0.15) is 17.3 Å². The van der Waals surface area contributed by atoms with E-state index < -0.39 is 0 Å². The average molecular weight is 358 g/mol. The molecule has 0 bridgehead atoms. The zero-order chi connectivity index (χ0) is 18.8. The third-order valence-corrected chi connectivity index (χ3v) is 3.30. The molecule has 2 rings (SSSR count). The highest BCUT2D eigenvalue weighted by atomic mass is 19.1. The van der Waals surface area contributed by atoms with Crippen LogP contribution in [0.5, 0.6) is 0 Å². The Morgan fingerprint density at radius 3 is 2.92 bits per heavy atom. The Bertz CT molecular complexity index is 775. The third-order valence-electron chi connectivity index (χ3n) is 3.30. The fourth-order valence-corrected chi connectivity index (χ4v) is 2.10. The number of benzene rings is 1. The fraction of sp³-hybridized carbons (Fsp3) is 0.294. The zero-order valence-corrected chi connectivity index (χ0v) is 14.6. The van der Waals surface area contributed by atoms with E-state index in [0.717, 1.165) is 6.42 Å². The quantitative estimate of drug-likeness (QED) is 0.308. The monoisotopic (exact) mass is 358 g/mol. The average Bonchev–Trinajstić information content (AvgIpc) is 2.64. The molecule has 0 fully saturated rings. The Morgan fingerprint density at radius 1 is 1.38 bits per heavy atom. The predicted octanol–water partition coefficient (Wildman–Crippen LogP) is 1.87. The number of hydrogen-bond acceptors (Lipinski definition) is 8. The number of aromatic nitrogens is 2. The summed E-state index contributed by atoms with van der Waals surface area (Å²) in [6, 6.07) is 6.07. The summed E-state index contributed by atoms with van der Waals surface area (Å²) in [4.78, 5) is 12.9. The van der Waals surface area contributed by atoms with Gasteiger partial charge in [-0.1, -0.05) is 13.0 Å². The topological polar surface area (TPSA) is 127 Å². The van der Waals surface area contributed by atoms with Crippen LogP contribution in [0.3, 0.4) is 0 Å². The van der Waals surface area contributed by atoms with Gasteiger partial charge in [-0.2, -0.15) is 10.1 Å². The van der Waals surface area contributed by atoms with E-state index in [0.29, 0.717) is 48.4 Å². The number of anilines is 3. The van der Waals surface area contributed by atoms with Crippen molar-refractivity contribution in [3.63, 3.8) is 0 Å². The molecule has 0 aliphatic carbocycles. The second kappa shape index (κ2) is 10.0. The lowest BCUT2D eigenvalue weighted by Gasteiger charge is -2.12. The Balaban J connectivity index is 2.31. The minimum Gasteiger partial charge on any atom is -0.369 e. The van der Waals surface area contributed by atoms with Crippen molar-refractivity contribution in [2.45, 2.75) is 13.3 Å². The van der Waals surface area contributed by atoms with Crippen LogP contribution in [0.15, 0.2) is 40.6 Å². The summed E-state index contributed by atoms with van der Waals surface area (Å²) < 4.78 is 13.3.